The number of hydrogen-bond acceptors (Lipinski definition) is 6. The van der Waals surface area contributed by atoms with E-state index < -0.39 is 10.9 Å². The molecule has 0 amide bonds. The average Bonchev–Trinajstić information content (AvgIpc) is 2.83. The molecule has 0 radical (unpaired) electrons. The molecule has 25 heavy (non-hydrogen) atoms. The molecule has 3 rings (SSSR count). The lowest BCUT2D eigenvalue weighted by atomic mass is 10.1. The van der Waals surface area contributed by atoms with Crippen LogP contribution in [0.5, 0.6) is 0 Å². The first-order chi connectivity index (χ1) is 12.0. The summed E-state index contributed by atoms with van der Waals surface area (Å²) < 4.78 is 12.8. The van der Waals surface area contributed by atoms with E-state index in [1.807, 2.05) is 0 Å². The molecule has 10 heteroatoms. The van der Waals surface area contributed by atoms with Gasteiger partial charge in [-0.15, -0.1) is 0 Å². The number of benzene rings is 1. The summed E-state index contributed by atoms with van der Waals surface area (Å²) in [5.74, 6) is -1.21. The molecule has 0 spiro atoms. The van der Waals surface area contributed by atoms with E-state index >= 15 is 0 Å². The number of carboxylic acid groups (broad SMARTS) is 1. The zero-order valence-corrected chi connectivity index (χ0v) is 14.5. The second kappa shape index (κ2) is 7.30. The fourth-order valence-electron chi connectivity index (χ4n) is 2.67. The van der Waals surface area contributed by atoms with E-state index in [4.69, 9.17) is 9.47 Å². The number of hydrogen-bond donors (Lipinski definition) is 1. The zero-order valence-electron chi connectivity index (χ0n) is 12.9. The van der Waals surface area contributed by atoms with Crippen LogP contribution < -0.4 is 0 Å². The minimum atomic E-state index is -1.21. The number of aromatic carboxylic acids is 1. The van der Waals surface area contributed by atoms with Gasteiger partial charge >= 0.3 is 5.97 Å². The number of aromatic nitrogens is 2. The molecule has 1 N–H and O–H groups in total. The monoisotopic (exact) mass is 411 g/mol. The molecule has 2 aromatic rings. The van der Waals surface area contributed by atoms with E-state index in [0.29, 0.717) is 17.7 Å². The highest BCUT2D eigenvalue weighted by Gasteiger charge is 2.29. The van der Waals surface area contributed by atoms with Gasteiger partial charge in [-0.1, -0.05) is 15.9 Å². The third kappa shape index (κ3) is 3.55. The molecule has 1 aliphatic rings. The molecule has 1 aromatic heterocycles. The van der Waals surface area contributed by atoms with Gasteiger partial charge in [-0.3, -0.25) is 14.8 Å². The summed E-state index contributed by atoms with van der Waals surface area (Å²) in [4.78, 5) is 22.5. The molecule has 0 aliphatic carbocycles. The standard InChI is InChI=1S/C15H14BrN3O6/c16-9-1-2-11(13(5-9)19(22)23)14-12(15(20)21)6-17-18(14)10-7-24-3-4-25-8-10/h1-2,5-6,10H,3-4,7-8H2,(H,20,21). The van der Waals surface area contributed by atoms with E-state index in [2.05, 4.69) is 21.0 Å². The Morgan fingerprint density at radius 1 is 1.36 bits per heavy atom. The Kier molecular flexibility index (Phi) is 5.11. The smallest absolute Gasteiger partial charge is 0.339 e. The van der Waals surface area contributed by atoms with Gasteiger partial charge in [0.05, 0.1) is 54.8 Å². The van der Waals surface area contributed by atoms with Crippen LogP contribution in [0.3, 0.4) is 0 Å². The third-order valence-corrected chi connectivity index (χ3v) is 4.27. The minimum Gasteiger partial charge on any atom is -0.478 e. The van der Waals surface area contributed by atoms with Crippen LogP contribution in [0.25, 0.3) is 11.3 Å². The molecule has 1 fully saturated rings. The second-order valence-corrected chi connectivity index (χ2v) is 6.29. The lowest BCUT2D eigenvalue weighted by Crippen LogP contribution is -2.21. The first-order valence-electron chi connectivity index (χ1n) is 7.39. The van der Waals surface area contributed by atoms with Crippen molar-refractivity contribution in [3.8, 4) is 11.3 Å². The summed E-state index contributed by atoms with van der Waals surface area (Å²) in [7, 11) is 0. The Morgan fingerprint density at radius 3 is 2.64 bits per heavy atom. The number of halogens is 1. The van der Waals surface area contributed by atoms with Gasteiger partial charge in [0, 0.05) is 10.5 Å². The second-order valence-electron chi connectivity index (χ2n) is 5.38. The molecule has 0 bridgehead atoms. The Balaban J connectivity index is 2.19. The molecule has 9 nitrogen and oxygen atoms in total. The zero-order chi connectivity index (χ0) is 18.0. The average molecular weight is 412 g/mol. The van der Waals surface area contributed by atoms with E-state index in [0.717, 1.165) is 0 Å². The summed E-state index contributed by atoms with van der Waals surface area (Å²) in [6.45, 7) is 1.41. The van der Waals surface area contributed by atoms with Crippen LogP contribution in [-0.4, -0.2) is 52.2 Å². The van der Waals surface area contributed by atoms with Gasteiger partial charge in [0.15, 0.2) is 0 Å². The highest BCUT2D eigenvalue weighted by atomic mass is 79.9. The van der Waals surface area contributed by atoms with Crippen molar-refractivity contribution >= 4 is 27.6 Å². The fraction of sp³-hybridized carbons (Fsp3) is 0.333. The van der Waals surface area contributed by atoms with E-state index in [9.17, 15) is 20.0 Å². The van der Waals surface area contributed by atoms with Crippen LogP contribution in [0.15, 0.2) is 28.9 Å². The third-order valence-electron chi connectivity index (χ3n) is 3.78. The van der Waals surface area contributed by atoms with Gasteiger partial charge < -0.3 is 14.6 Å². The molecule has 1 saturated heterocycles. The van der Waals surface area contributed by atoms with Crippen molar-refractivity contribution in [2.24, 2.45) is 0 Å². The van der Waals surface area contributed by atoms with Crippen molar-refractivity contribution < 1.29 is 24.3 Å². The molecule has 0 atom stereocenters. The summed E-state index contributed by atoms with van der Waals surface area (Å²) in [6, 6.07) is 4.07. The van der Waals surface area contributed by atoms with Gasteiger partial charge in [-0.05, 0) is 12.1 Å². The molecular formula is C15H14BrN3O6. The van der Waals surface area contributed by atoms with Crippen molar-refractivity contribution in [1.29, 1.82) is 0 Å². The van der Waals surface area contributed by atoms with Gasteiger partial charge in [-0.25, -0.2) is 4.79 Å². The van der Waals surface area contributed by atoms with Gasteiger partial charge in [0.1, 0.15) is 5.56 Å². The molecular weight excluding hydrogens is 398 g/mol. The van der Waals surface area contributed by atoms with E-state index in [-0.39, 0.29) is 41.8 Å². The van der Waals surface area contributed by atoms with Crippen LogP contribution in [-0.2, 0) is 9.47 Å². The Hall–Kier alpha value is -2.30. The molecule has 0 saturated carbocycles. The Bertz CT molecular complexity index is 814. The summed E-state index contributed by atoms with van der Waals surface area (Å²) in [6.07, 6.45) is 1.19. The molecule has 0 unspecified atom stereocenters. The number of nitro groups is 1. The summed E-state index contributed by atoms with van der Waals surface area (Å²) >= 11 is 3.20. The van der Waals surface area contributed by atoms with Crippen LogP contribution in [0, 0.1) is 10.1 Å². The maximum Gasteiger partial charge on any atom is 0.339 e. The number of nitro benzene ring substituents is 1. The van der Waals surface area contributed by atoms with Gasteiger partial charge in [-0.2, -0.15) is 5.10 Å². The Morgan fingerprint density at radius 2 is 2.04 bits per heavy atom. The first kappa shape index (κ1) is 17.5. The van der Waals surface area contributed by atoms with Crippen molar-refractivity contribution in [2.45, 2.75) is 6.04 Å². The number of carbonyl (C=O) groups is 1. The number of nitrogens with zero attached hydrogens (tertiary/aromatic N) is 3. The number of rotatable bonds is 4. The normalized spacial score (nSPS) is 15.7. The summed E-state index contributed by atoms with van der Waals surface area (Å²) in [5, 5.41) is 25.1. The van der Waals surface area contributed by atoms with Crippen LogP contribution in [0.1, 0.15) is 16.4 Å². The molecule has 132 valence electrons. The van der Waals surface area contributed by atoms with Crippen LogP contribution >= 0.6 is 15.9 Å². The quantitative estimate of drug-likeness (QED) is 0.606. The predicted molar refractivity (Wildman–Crippen MR) is 89.7 cm³/mol. The van der Waals surface area contributed by atoms with E-state index in [1.165, 1.54) is 23.0 Å². The van der Waals surface area contributed by atoms with E-state index in [1.54, 1.807) is 6.07 Å². The lowest BCUT2D eigenvalue weighted by Gasteiger charge is -2.18. The fourth-order valence-corrected chi connectivity index (χ4v) is 3.02. The van der Waals surface area contributed by atoms with Gasteiger partial charge in [0.2, 0.25) is 0 Å². The van der Waals surface area contributed by atoms with Crippen molar-refractivity contribution in [3.05, 3.63) is 44.5 Å². The SMILES string of the molecule is O=C(O)c1cnn(C2COCCOC2)c1-c1ccc(Br)cc1[N+](=O)[O-]. The number of ether oxygens (including phenoxy) is 2. The lowest BCUT2D eigenvalue weighted by molar-refractivity contribution is -0.384. The van der Waals surface area contributed by atoms with Crippen LogP contribution in [0.4, 0.5) is 5.69 Å². The predicted octanol–water partition coefficient (Wildman–Crippen LogP) is 2.51. The molecule has 1 aliphatic heterocycles. The van der Waals surface area contributed by atoms with Crippen LogP contribution in [0.2, 0.25) is 0 Å². The highest BCUT2D eigenvalue weighted by molar-refractivity contribution is 9.10. The largest absolute Gasteiger partial charge is 0.478 e. The van der Waals surface area contributed by atoms with Crippen molar-refractivity contribution in [2.75, 3.05) is 26.4 Å². The van der Waals surface area contributed by atoms with Crippen molar-refractivity contribution in [1.82, 2.24) is 9.78 Å². The maximum absolute atomic E-state index is 11.6. The van der Waals surface area contributed by atoms with Gasteiger partial charge in [0.25, 0.3) is 5.69 Å². The minimum absolute atomic E-state index is 0.116. The summed E-state index contributed by atoms with van der Waals surface area (Å²) in [5.41, 5.74) is 0.00176. The molecule has 2 heterocycles. The maximum atomic E-state index is 11.6. The Labute approximate surface area is 150 Å². The molecule has 1 aromatic carbocycles. The number of carboxylic acids is 1. The topological polar surface area (TPSA) is 117 Å². The first-order valence-corrected chi connectivity index (χ1v) is 8.19. The van der Waals surface area contributed by atoms with Crippen molar-refractivity contribution in [3.63, 3.8) is 0 Å². The highest BCUT2D eigenvalue weighted by Crippen LogP contribution is 2.36.